The van der Waals surface area contributed by atoms with Crippen molar-refractivity contribution in [2.24, 2.45) is 0 Å². The first kappa shape index (κ1) is 12.1. The smallest absolute Gasteiger partial charge is 0.115 e. The molecule has 2 heteroatoms. The fourth-order valence-electron chi connectivity index (χ4n) is 2.04. The van der Waals surface area contributed by atoms with E-state index in [1.807, 2.05) is 12.1 Å². The third-order valence-corrected chi connectivity index (χ3v) is 6.08. The molecule has 0 aliphatic rings. The van der Waals surface area contributed by atoms with Crippen molar-refractivity contribution < 1.29 is 5.11 Å². The maximum Gasteiger partial charge on any atom is 0.115 e. The van der Waals surface area contributed by atoms with Crippen LogP contribution in [0.25, 0.3) is 0 Å². The number of hydrogen-bond donors (Lipinski definition) is 1. The van der Waals surface area contributed by atoms with Gasteiger partial charge in [0.1, 0.15) is 5.75 Å². The summed E-state index contributed by atoms with van der Waals surface area (Å²) >= 11 is 0. The first-order valence-electron chi connectivity index (χ1n) is 5.60. The molecule has 0 saturated heterocycles. The van der Waals surface area contributed by atoms with Crippen LogP contribution in [0.3, 0.4) is 0 Å². The van der Waals surface area contributed by atoms with E-state index in [1.54, 1.807) is 12.1 Å². The predicted molar refractivity (Wildman–Crippen MR) is 75.3 cm³/mol. The topological polar surface area (TPSA) is 20.2 Å². The lowest BCUT2D eigenvalue weighted by molar-refractivity contribution is 0.475. The van der Waals surface area contributed by atoms with E-state index in [9.17, 15) is 5.11 Å². The van der Waals surface area contributed by atoms with Crippen LogP contribution in [0, 0.1) is 6.92 Å². The van der Waals surface area contributed by atoms with Gasteiger partial charge < -0.3 is 5.11 Å². The van der Waals surface area contributed by atoms with Crippen LogP contribution in [0.5, 0.6) is 5.75 Å². The Kier molecular flexibility index (Phi) is 3.16. The molecular formula is C15H18OS. The van der Waals surface area contributed by atoms with Gasteiger partial charge in [-0.2, -0.15) is 10.0 Å². The second kappa shape index (κ2) is 4.46. The van der Waals surface area contributed by atoms with Crippen molar-refractivity contribution in [2.75, 3.05) is 12.5 Å². The lowest BCUT2D eigenvalue weighted by Crippen LogP contribution is -1.99. The Morgan fingerprint density at radius 2 is 1.47 bits per heavy atom. The fraction of sp³-hybridized carbons (Fsp3) is 0.200. The van der Waals surface area contributed by atoms with Crippen LogP contribution in [0.2, 0.25) is 0 Å². The highest BCUT2D eigenvalue weighted by molar-refractivity contribution is 8.32. The Morgan fingerprint density at radius 1 is 0.882 bits per heavy atom. The van der Waals surface area contributed by atoms with Gasteiger partial charge in [0.05, 0.1) is 0 Å². The molecule has 0 aliphatic heterocycles. The van der Waals surface area contributed by atoms with Gasteiger partial charge in [-0.3, -0.25) is 0 Å². The normalized spacial score (nSPS) is 12.4. The molecular weight excluding hydrogens is 228 g/mol. The van der Waals surface area contributed by atoms with Crippen LogP contribution in [-0.4, -0.2) is 17.6 Å². The molecule has 0 atom stereocenters. The molecule has 0 spiro atoms. The van der Waals surface area contributed by atoms with Crippen LogP contribution < -0.4 is 0 Å². The van der Waals surface area contributed by atoms with Crippen molar-refractivity contribution in [3.05, 3.63) is 54.1 Å². The Balaban J connectivity index is 2.49. The second-order valence-electron chi connectivity index (χ2n) is 4.59. The number of phenolic OH excluding ortho intramolecular Hbond substituents is 1. The van der Waals surface area contributed by atoms with Crippen LogP contribution in [-0.2, 0) is 0 Å². The minimum absolute atomic E-state index is 0.328. The quantitative estimate of drug-likeness (QED) is 0.842. The SMILES string of the molecule is Cc1ccccc1S(C)(C)c1ccc(O)cc1. The van der Waals surface area contributed by atoms with E-state index in [0.717, 1.165) is 0 Å². The van der Waals surface area contributed by atoms with Crippen LogP contribution in [0.1, 0.15) is 5.56 Å². The van der Waals surface area contributed by atoms with E-state index in [-0.39, 0.29) is 0 Å². The van der Waals surface area contributed by atoms with Crippen molar-refractivity contribution in [3.8, 4) is 5.75 Å². The Labute approximate surface area is 104 Å². The highest BCUT2D eigenvalue weighted by Crippen LogP contribution is 2.57. The van der Waals surface area contributed by atoms with Crippen molar-refractivity contribution in [1.29, 1.82) is 0 Å². The maximum absolute atomic E-state index is 9.36. The number of aromatic hydroxyl groups is 1. The standard InChI is InChI=1S/C15H18OS/c1-12-6-4-5-7-15(12)17(2,3)14-10-8-13(16)9-11-14/h4-11,16H,1-3H3. The van der Waals surface area contributed by atoms with Crippen LogP contribution in [0.15, 0.2) is 58.3 Å². The Hall–Kier alpha value is -1.41. The minimum Gasteiger partial charge on any atom is -0.508 e. The molecule has 0 saturated carbocycles. The molecule has 2 aromatic carbocycles. The molecule has 0 fully saturated rings. The number of aryl methyl sites for hydroxylation is 1. The van der Waals surface area contributed by atoms with E-state index >= 15 is 0 Å². The van der Waals surface area contributed by atoms with Crippen molar-refractivity contribution in [3.63, 3.8) is 0 Å². The minimum atomic E-state index is -0.998. The predicted octanol–water partition coefficient (Wildman–Crippen LogP) is 4.18. The molecule has 2 aromatic rings. The van der Waals surface area contributed by atoms with E-state index in [2.05, 4.69) is 43.7 Å². The van der Waals surface area contributed by atoms with E-state index < -0.39 is 10.0 Å². The molecule has 0 bridgehead atoms. The average Bonchev–Trinajstić information content (AvgIpc) is 2.30. The summed E-state index contributed by atoms with van der Waals surface area (Å²) in [6.45, 7) is 2.16. The summed E-state index contributed by atoms with van der Waals surface area (Å²) in [5, 5.41) is 9.36. The number of hydrogen-bond acceptors (Lipinski definition) is 1. The highest BCUT2D eigenvalue weighted by Gasteiger charge is 2.18. The van der Waals surface area contributed by atoms with Gasteiger partial charge in [0.2, 0.25) is 0 Å². The van der Waals surface area contributed by atoms with Gasteiger partial charge in [0.25, 0.3) is 0 Å². The molecule has 1 N–H and O–H groups in total. The monoisotopic (exact) mass is 246 g/mol. The van der Waals surface area contributed by atoms with Crippen molar-refractivity contribution in [2.45, 2.75) is 16.7 Å². The van der Waals surface area contributed by atoms with Gasteiger partial charge >= 0.3 is 0 Å². The molecule has 0 aliphatic carbocycles. The Bertz CT molecular complexity index is 515. The van der Waals surface area contributed by atoms with Gasteiger partial charge in [0.15, 0.2) is 0 Å². The summed E-state index contributed by atoms with van der Waals surface area (Å²) in [6, 6.07) is 16.1. The third-order valence-electron chi connectivity index (χ3n) is 3.07. The number of rotatable bonds is 2. The van der Waals surface area contributed by atoms with Gasteiger partial charge in [0, 0.05) is 0 Å². The molecule has 2 rings (SSSR count). The first-order chi connectivity index (χ1) is 8.01. The molecule has 90 valence electrons. The summed E-state index contributed by atoms with van der Waals surface area (Å²) in [6.07, 6.45) is 4.59. The van der Waals surface area contributed by atoms with Gasteiger partial charge in [-0.05, 0) is 65.1 Å². The lowest BCUT2D eigenvalue weighted by atomic mass is 10.2. The molecule has 1 nitrogen and oxygen atoms in total. The van der Waals surface area contributed by atoms with E-state index in [4.69, 9.17) is 0 Å². The summed E-state index contributed by atoms with van der Waals surface area (Å²) in [7, 11) is -0.998. The third kappa shape index (κ3) is 2.32. The average molecular weight is 246 g/mol. The lowest BCUT2D eigenvalue weighted by Gasteiger charge is -2.33. The molecule has 0 aromatic heterocycles. The van der Waals surface area contributed by atoms with Gasteiger partial charge in [-0.25, -0.2) is 0 Å². The zero-order chi connectivity index (χ0) is 12.5. The Morgan fingerprint density at radius 3 is 2.06 bits per heavy atom. The molecule has 0 heterocycles. The number of benzene rings is 2. The van der Waals surface area contributed by atoms with Crippen LogP contribution >= 0.6 is 10.0 Å². The second-order valence-corrected chi connectivity index (χ2v) is 8.15. The molecule has 0 amide bonds. The fourth-order valence-corrected chi connectivity index (χ4v) is 4.40. The zero-order valence-electron chi connectivity index (χ0n) is 10.5. The zero-order valence-corrected chi connectivity index (χ0v) is 11.3. The number of phenols is 1. The van der Waals surface area contributed by atoms with Gasteiger partial charge in [-0.15, -0.1) is 0 Å². The van der Waals surface area contributed by atoms with Crippen molar-refractivity contribution >= 4 is 10.0 Å². The molecule has 17 heavy (non-hydrogen) atoms. The molecule has 0 radical (unpaired) electrons. The summed E-state index contributed by atoms with van der Waals surface area (Å²) in [5.74, 6) is 0.328. The summed E-state index contributed by atoms with van der Waals surface area (Å²) < 4.78 is 0. The summed E-state index contributed by atoms with van der Waals surface area (Å²) in [5.41, 5.74) is 1.33. The highest BCUT2D eigenvalue weighted by atomic mass is 32.3. The summed E-state index contributed by atoms with van der Waals surface area (Å²) in [4.78, 5) is 2.70. The first-order valence-corrected chi connectivity index (χ1v) is 8.05. The maximum atomic E-state index is 9.36. The largest absolute Gasteiger partial charge is 0.508 e. The van der Waals surface area contributed by atoms with E-state index in [0.29, 0.717) is 5.75 Å². The molecule has 0 unspecified atom stereocenters. The van der Waals surface area contributed by atoms with E-state index in [1.165, 1.54) is 15.4 Å². The van der Waals surface area contributed by atoms with Crippen molar-refractivity contribution in [1.82, 2.24) is 0 Å². The van der Waals surface area contributed by atoms with Crippen LogP contribution in [0.4, 0.5) is 0 Å². The van der Waals surface area contributed by atoms with Gasteiger partial charge in [-0.1, -0.05) is 18.2 Å².